The summed E-state index contributed by atoms with van der Waals surface area (Å²) in [5, 5.41) is 8.21. The molecule has 4 heterocycles. The fraction of sp³-hybridized carbons (Fsp3) is 0.467. The number of imidazole rings is 1. The second-order valence-electron chi connectivity index (χ2n) is 5.49. The van der Waals surface area contributed by atoms with Crippen molar-refractivity contribution in [3.05, 3.63) is 30.1 Å². The molecule has 0 unspecified atom stereocenters. The van der Waals surface area contributed by atoms with Gasteiger partial charge in [0.2, 0.25) is 0 Å². The van der Waals surface area contributed by atoms with Gasteiger partial charge in [-0.05, 0) is 43.5 Å². The third-order valence-corrected chi connectivity index (χ3v) is 4.13. The summed E-state index contributed by atoms with van der Waals surface area (Å²) in [6, 6.07) is 4.16. The summed E-state index contributed by atoms with van der Waals surface area (Å²) in [4.78, 5) is 6.83. The lowest BCUT2D eigenvalue weighted by Crippen LogP contribution is -2.23. The van der Waals surface area contributed by atoms with Crippen LogP contribution in [0, 0.1) is 0 Å². The summed E-state index contributed by atoms with van der Waals surface area (Å²) < 4.78 is 1.99. The van der Waals surface area contributed by atoms with Crippen LogP contribution in [0.15, 0.2) is 24.4 Å². The molecule has 20 heavy (non-hydrogen) atoms. The largest absolute Gasteiger partial charge is 0.355 e. The number of nitrogens with zero attached hydrogens (tertiary/aromatic N) is 4. The molecule has 0 aromatic carbocycles. The molecular formula is C15H19N5. The van der Waals surface area contributed by atoms with Crippen LogP contribution >= 0.6 is 0 Å². The molecule has 1 N–H and O–H groups in total. The highest BCUT2D eigenvalue weighted by atomic mass is 15.3. The van der Waals surface area contributed by atoms with E-state index in [9.17, 15) is 0 Å². The first kappa shape index (κ1) is 11.9. The van der Waals surface area contributed by atoms with E-state index in [1.54, 1.807) is 0 Å². The summed E-state index contributed by atoms with van der Waals surface area (Å²) in [7, 11) is 0. The minimum Gasteiger partial charge on any atom is -0.355 e. The normalized spacial score (nSPS) is 19.6. The first-order valence-electron chi connectivity index (χ1n) is 7.42. The molecule has 0 aliphatic carbocycles. The SMILES string of the molecule is C1=C(c2cnc3ccc(N4CCCC4)nn23)CNCC1. The molecule has 2 aliphatic heterocycles. The van der Waals surface area contributed by atoms with E-state index in [-0.39, 0.29) is 0 Å². The molecular weight excluding hydrogens is 250 g/mol. The number of rotatable bonds is 2. The van der Waals surface area contributed by atoms with Gasteiger partial charge in [-0.25, -0.2) is 9.50 Å². The van der Waals surface area contributed by atoms with Gasteiger partial charge in [-0.1, -0.05) is 6.08 Å². The van der Waals surface area contributed by atoms with Crippen molar-refractivity contribution in [2.75, 3.05) is 31.1 Å². The summed E-state index contributed by atoms with van der Waals surface area (Å²) in [6.45, 7) is 4.20. The Morgan fingerprint density at radius 1 is 1.15 bits per heavy atom. The Hall–Kier alpha value is -1.88. The predicted octanol–water partition coefficient (Wildman–Crippen LogP) is 1.71. The third kappa shape index (κ3) is 1.98. The van der Waals surface area contributed by atoms with Crippen LogP contribution in [0.2, 0.25) is 0 Å². The summed E-state index contributed by atoms with van der Waals surface area (Å²) in [5.74, 6) is 1.07. The zero-order valence-electron chi connectivity index (χ0n) is 11.5. The number of nitrogens with one attached hydrogen (secondary N) is 1. The number of fused-ring (bicyclic) bond motifs is 1. The van der Waals surface area contributed by atoms with Crippen molar-refractivity contribution in [1.29, 1.82) is 0 Å². The Morgan fingerprint density at radius 3 is 2.85 bits per heavy atom. The van der Waals surface area contributed by atoms with Crippen molar-refractivity contribution in [2.45, 2.75) is 19.3 Å². The molecule has 1 saturated heterocycles. The molecule has 1 fully saturated rings. The fourth-order valence-electron chi connectivity index (χ4n) is 3.04. The Bertz CT molecular complexity index is 651. The number of anilines is 1. The lowest BCUT2D eigenvalue weighted by atomic mass is 10.1. The van der Waals surface area contributed by atoms with Gasteiger partial charge in [-0.2, -0.15) is 0 Å². The molecule has 0 saturated carbocycles. The summed E-state index contributed by atoms with van der Waals surface area (Å²) in [6.07, 6.45) is 7.85. The molecule has 0 atom stereocenters. The van der Waals surface area contributed by atoms with E-state index < -0.39 is 0 Å². The highest BCUT2D eigenvalue weighted by molar-refractivity contribution is 5.67. The van der Waals surface area contributed by atoms with Crippen LogP contribution in [0.4, 0.5) is 5.82 Å². The van der Waals surface area contributed by atoms with Crippen LogP contribution in [-0.2, 0) is 0 Å². The van der Waals surface area contributed by atoms with Crippen molar-refractivity contribution < 1.29 is 0 Å². The number of aromatic nitrogens is 3. The van der Waals surface area contributed by atoms with E-state index in [1.807, 2.05) is 10.7 Å². The minimum absolute atomic E-state index is 0.906. The lowest BCUT2D eigenvalue weighted by Gasteiger charge is -2.17. The molecule has 0 bridgehead atoms. The third-order valence-electron chi connectivity index (χ3n) is 4.13. The van der Waals surface area contributed by atoms with E-state index in [0.29, 0.717) is 0 Å². The highest BCUT2D eigenvalue weighted by Crippen LogP contribution is 2.21. The van der Waals surface area contributed by atoms with E-state index in [1.165, 1.54) is 18.4 Å². The maximum atomic E-state index is 4.80. The molecule has 0 amide bonds. The lowest BCUT2D eigenvalue weighted by molar-refractivity contribution is 0.733. The van der Waals surface area contributed by atoms with Crippen molar-refractivity contribution in [3.63, 3.8) is 0 Å². The van der Waals surface area contributed by atoms with Crippen LogP contribution in [0.25, 0.3) is 11.2 Å². The topological polar surface area (TPSA) is 45.5 Å². The van der Waals surface area contributed by atoms with E-state index >= 15 is 0 Å². The average Bonchev–Trinajstić information content (AvgIpc) is 3.17. The Balaban J connectivity index is 1.77. The molecule has 104 valence electrons. The standard InChI is InChI=1S/C15H19N5/c1-2-9-19(8-1)15-6-5-14-17-11-13(20(14)18-15)12-4-3-7-16-10-12/h4-6,11,16H,1-3,7-10H2. The molecule has 2 aromatic rings. The molecule has 0 radical (unpaired) electrons. The molecule has 2 aromatic heterocycles. The van der Waals surface area contributed by atoms with Gasteiger partial charge >= 0.3 is 0 Å². The fourth-order valence-corrected chi connectivity index (χ4v) is 3.04. The van der Waals surface area contributed by atoms with Crippen LogP contribution < -0.4 is 10.2 Å². The molecule has 4 rings (SSSR count). The second-order valence-corrected chi connectivity index (χ2v) is 5.49. The van der Waals surface area contributed by atoms with Crippen molar-refractivity contribution in [2.24, 2.45) is 0 Å². The monoisotopic (exact) mass is 269 g/mol. The molecule has 0 spiro atoms. The van der Waals surface area contributed by atoms with Crippen molar-refractivity contribution in [1.82, 2.24) is 19.9 Å². The van der Waals surface area contributed by atoms with Gasteiger partial charge in [-0.3, -0.25) is 0 Å². The van der Waals surface area contributed by atoms with E-state index in [4.69, 9.17) is 5.10 Å². The Morgan fingerprint density at radius 2 is 2.05 bits per heavy atom. The molecule has 5 nitrogen and oxygen atoms in total. The number of hydrogen-bond acceptors (Lipinski definition) is 4. The first-order chi connectivity index (χ1) is 9.92. The van der Waals surface area contributed by atoms with Crippen LogP contribution in [0.5, 0.6) is 0 Å². The maximum absolute atomic E-state index is 4.80. The Labute approximate surface area is 118 Å². The van der Waals surface area contributed by atoms with Gasteiger partial charge in [0.05, 0.1) is 11.9 Å². The van der Waals surface area contributed by atoms with Crippen LogP contribution in [0.1, 0.15) is 25.0 Å². The van der Waals surface area contributed by atoms with Crippen molar-refractivity contribution in [3.8, 4) is 0 Å². The van der Waals surface area contributed by atoms with Gasteiger partial charge in [0, 0.05) is 19.6 Å². The first-order valence-corrected chi connectivity index (χ1v) is 7.42. The summed E-state index contributed by atoms with van der Waals surface area (Å²) in [5.41, 5.74) is 3.34. The minimum atomic E-state index is 0.906. The quantitative estimate of drug-likeness (QED) is 0.901. The van der Waals surface area contributed by atoms with Gasteiger partial charge in [0.15, 0.2) is 5.65 Å². The zero-order valence-corrected chi connectivity index (χ0v) is 11.5. The zero-order chi connectivity index (χ0) is 13.4. The van der Waals surface area contributed by atoms with Crippen LogP contribution in [-0.4, -0.2) is 40.8 Å². The van der Waals surface area contributed by atoms with Crippen LogP contribution in [0.3, 0.4) is 0 Å². The Kier molecular flexibility index (Phi) is 2.92. The average molecular weight is 269 g/mol. The highest BCUT2D eigenvalue weighted by Gasteiger charge is 2.16. The predicted molar refractivity (Wildman–Crippen MR) is 79.9 cm³/mol. The molecule has 2 aliphatic rings. The maximum Gasteiger partial charge on any atom is 0.154 e. The second kappa shape index (κ2) is 4.90. The summed E-state index contributed by atoms with van der Waals surface area (Å²) >= 11 is 0. The number of hydrogen-bond donors (Lipinski definition) is 1. The molecule has 5 heteroatoms. The van der Waals surface area contributed by atoms with Gasteiger partial charge in [-0.15, -0.1) is 5.10 Å². The van der Waals surface area contributed by atoms with Gasteiger partial charge in [0.1, 0.15) is 5.82 Å². The van der Waals surface area contributed by atoms with Gasteiger partial charge < -0.3 is 10.2 Å². The van der Waals surface area contributed by atoms with Crippen molar-refractivity contribution >= 4 is 17.0 Å². The smallest absolute Gasteiger partial charge is 0.154 e. The van der Waals surface area contributed by atoms with Gasteiger partial charge in [0.25, 0.3) is 0 Å². The van der Waals surface area contributed by atoms with E-state index in [2.05, 4.69) is 33.4 Å². The van der Waals surface area contributed by atoms with E-state index in [0.717, 1.165) is 49.8 Å².